The van der Waals surface area contributed by atoms with Crippen molar-refractivity contribution in [1.29, 1.82) is 0 Å². The first-order valence-electron chi connectivity index (χ1n) is 5.91. The van der Waals surface area contributed by atoms with Crippen LogP contribution in [-0.2, 0) is 9.59 Å². The summed E-state index contributed by atoms with van der Waals surface area (Å²) in [6, 6.07) is 0. The topological polar surface area (TPSA) is 49.4 Å². The maximum Gasteiger partial charge on any atom is 0.416 e. The molecule has 0 atom stereocenters. The highest BCUT2D eigenvalue weighted by Crippen LogP contribution is 2.31. The second-order valence-corrected chi connectivity index (χ2v) is 4.47. The van der Waals surface area contributed by atoms with E-state index in [0.29, 0.717) is 19.4 Å². The van der Waals surface area contributed by atoms with Crippen molar-refractivity contribution in [2.24, 2.45) is 0 Å². The van der Waals surface area contributed by atoms with Gasteiger partial charge >= 0.3 is 6.18 Å². The molecule has 0 aromatic rings. The fourth-order valence-corrected chi connectivity index (χ4v) is 2.16. The van der Waals surface area contributed by atoms with Gasteiger partial charge in [-0.1, -0.05) is 0 Å². The molecule has 1 N–H and O–H groups in total. The van der Waals surface area contributed by atoms with Gasteiger partial charge in [-0.05, 0) is 18.7 Å². The van der Waals surface area contributed by atoms with E-state index in [-0.39, 0.29) is 24.4 Å². The van der Waals surface area contributed by atoms with E-state index in [1.807, 2.05) is 0 Å². The molecular weight excluding hydrogens is 261 g/mol. The summed E-state index contributed by atoms with van der Waals surface area (Å²) < 4.78 is 38.5. The average molecular weight is 274 g/mol. The van der Waals surface area contributed by atoms with Gasteiger partial charge in [-0.3, -0.25) is 9.59 Å². The molecule has 0 aliphatic carbocycles. The molecule has 1 fully saturated rings. The van der Waals surface area contributed by atoms with Crippen molar-refractivity contribution in [1.82, 2.24) is 10.2 Å². The lowest BCUT2D eigenvalue weighted by Gasteiger charge is -2.28. The molecule has 1 amide bonds. The van der Waals surface area contributed by atoms with Crippen molar-refractivity contribution < 1.29 is 22.8 Å². The van der Waals surface area contributed by atoms with E-state index >= 15 is 0 Å². The van der Waals surface area contributed by atoms with E-state index in [2.05, 4.69) is 5.32 Å². The summed E-state index contributed by atoms with van der Waals surface area (Å²) in [6.45, 7) is 0.0506. The number of ketones is 1. The van der Waals surface area contributed by atoms with Crippen LogP contribution >= 0.6 is 0 Å². The van der Waals surface area contributed by atoms with E-state index in [9.17, 15) is 22.8 Å². The predicted octanol–water partition coefficient (Wildman–Crippen LogP) is 1.15. The molecule has 7 heteroatoms. The first kappa shape index (κ1) is 13.6. The Hall–Kier alpha value is -1.79. The van der Waals surface area contributed by atoms with E-state index in [1.54, 1.807) is 0 Å². The number of Topliss-reactive ketones (excluding diaryl/α,β-unsaturated/α-hetero) is 1. The summed E-state index contributed by atoms with van der Waals surface area (Å²) in [7, 11) is 0. The summed E-state index contributed by atoms with van der Waals surface area (Å²) in [5.41, 5.74) is -1.26. The zero-order valence-electron chi connectivity index (χ0n) is 10.1. The van der Waals surface area contributed by atoms with Crippen molar-refractivity contribution in [2.75, 3.05) is 19.6 Å². The Balaban J connectivity index is 2.27. The second kappa shape index (κ2) is 5.07. The normalized spacial score (nSPS) is 20.6. The van der Waals surface area contributed by atoms with Crippen molar-refractivity contribution >= 4 is 11.7 Å². The molecule has 0 radical (unpaired) electrons. The minimum Gasteiger partial charge on any atom is -0.387 e. The summed E-state index contributed by atoms with van der Waals surface area (Å²) in [6.07, 6.45) is -1.66. The molecule has 0 spiro atoms. The molecule has 19 heavy (non-hydrogen) atoms. The highest BCUT2D eigenvalue weighted by atomic mass is 19.4. The van der Waals surface area contributed by atoms with Crippen molar-refractivity contribution in [3.05, 3.63) is 23.4 Å². The first-order valence-corrected chi connectivity index (χ1v) is 5.91. The first-order chi connectivity index (χ1) is 8.89. The maximum absolute atomic E-state index is 12.8. The van der Waals surface area contributed by atoms with Crippen LogP contribution in [-0.4, -0.2) is 42.4 Å². The maximum atomic E-state index is 12.8. The second-order valence-electron chi connectivity index (χ2n) is 4.47. The molecule has 4 nitrogen and oxygen atoms in total. The standard InChI is InChI=1S/C12H13F3N2O2/c13-12(14,15)10-3-4-16-6-9(10)11(19)17-5-1-2-8(18)7-17/h3-4,16H,1-2,5-7H2. The van der Waals surface area contributed by atoms with Crippen LogP contribution in [0.3, 0.4) is 0 Å². The van der Waals surface area contributed by atoms with Crippen LogP contribution in [0.1, 0.15) is 12.8 Å². The van der Waals surface area contributed by atoms with Gasteiger partial charge in [0, 0.05) is 25.1 Å². The van der Waals surface area contributed by atoms with Crippen molar-refractivity contribution in [2.45, 2.75) is 19.0 Å². The lowest BCUT2D eigenvalue weighted by molar-refractivity contribution is -0.135. The van der Waals surface area contributed by atoms with Gasteiger partial charge in [0.05, 0.1) is 12.1 Å². The molecule has 0 aromatic heterocycles. The quantitative estimate of drug-likeness (QED) is 0.780. The van der Waals surface area contributed by atoms with Gasteiger partial charge < -0.3 is 10.2 Å². The van der Waals surface area contributed by atoms with Gasteiger partial charge in [0.1, 0.15) is 0 Å². The number of hydrogen-bond donors (Lipinski definition) is 1. The van der Waals surface area contributed by atoms with E-state index in [4.69, 9.17) is 0 Å². The molecule has 1 saturated heterocycles. The van der Waals surface area contributed by atoms with Gasteiger partial charge in [-0.15, -0.1) is 0 Å². The number of piperidine rings is 1. The summed E-state index contributed by atoms with van der Waals surface area (Å²) in [4.78, 5) is 24.6. The van der Waals surface area contributed by atoms with E-state index < -0.39 is 17.7 Å². The lowest BCUT2D eigenvalue weighted by Crippen LogP contribution is -2.43. The monoisotopic (exact) mass is 274 g/mol. The van der Waals surface area contributed by atoms with Crippen molar-refractivity contribution in [3.8, 4) is 0 Å². The molecule has 2 rings (SSSR count). The third-order valence-electron chi connectivity index (χ3n) is 3.07. The molecule has 2 aliphatic rings. The number of alkyl halides is 3. The zero-order valence-corrected chi connectivity index (χ0v) is 10.1. The Morgan fingerprint density at radius 2 is 2.11 bits per heavy atom. The number of nitrogens with one attached hydrogen (secondary N) is 1. The molecule has 2 heterocycles. The smallest absolute Gasteiger partial charge is 0.387 e. The fraction of sp³-hybridized carbons (Fsp3) is 0.500. The number of carbonyl (C=O) groups is 2. The number of hydrogen-bond acceptors (Lipinski definition) is 3. The van der Waals surface area contributed by atoms with E-state index in [1.165, 1.54) is 11.1 Å². The molecule has 0 aromatic carbocycles. The number of dihydropyridines is 1. The molecule has 0 bridgehead atoms. The largest absolute Gasteiger partial charge is 0.416 e. The van der Waals surface area contributed by atoms with Gasteiger partial charge in [0.25, 0.3) is 5.91 Å². The lowest BCUT2D eigenvalue weighted by atomic mass is 10.0. The summed E-state index contributed by atoms with van der Waals surface area (Å²) >= 11 is 0. The highest BCUT2D eigenvalue weighted by Gasteiger charge is 2.38. The molecule has 0 unspecified atom stereocenters. The zero-order chi connectivity index (χ0) is 14.0. The average Bonchev–Trinajstić information content (AvgIpc) is 2.37. The minimum absolute atomic E-state index is 0.100. The predicted molar refractivity (Wildman–Crippen MR) is 61.0 cm³/mol. The number of likely N-dealkylation sites (tertiary alicyclic amines) is 1. The van der Waals surface area contributed by atoms with Gasteiger partial charge in [-0.2, -0.15) is 13.2 Å². The van der Waals surface area contributed by atoms with E-state index in [0.717, 1.165) is 6.08 Å². The number of amides is 1. The summed E-state index contributed by atoms with van der Waals surface area (Å²) in [5.74, 6) is -0.828. The fourth-order valence-electron chi connectivity index (χ4n) is 2.16. The Labute approximate surface area is 107 Å². The van der Waals surface area contributed by atoms with Crippen LogP contribution in [0, 0.1) is 0 Å². The van der Waals surface area contributed by atoms with Gasteiger partial charge in [-0.25, -0.2) is 0 Å². The Bertz CT molecular complexity index is 466. The minimum atomic E-state index is -4.57. The van der Waals surface area contributed by atoms with Crippen LogP contribution in [0.25, 0.3) is 0 Å². The number of halogens is 3. The van der Waals surface area contributed by atoms with Crippen LogP contribution < -0.4 is 5.32 Å². The number of nitrogens with zero attached hydrogens (tertiary/aromatic N) is 1. The number of carbonyl (C=O) groups excluding carboxylic acids is 2. The number of rotatable bonds is 1. The van der Waals surface area contributed by atoms with Crippen LogP contribution in [0.5, 0.6) is 0 Å². The van der Waals surface area contributed by atoms with Crippen molar-refractivity contribution in [3.63, 3.8) is 0 Å². The Morgan fingerprint density at radius 1 is 1.37 bits per heavy atom. The Kier molecular flexibility index (Phi) is 3.64. The molecule has 2 aliphatic heterocycles. The third-order valence-corrected chi connectivity index (χ3v) is 3.07. The SMILES string of the molecule is O=C1CCCN(C(=O)C2=C(C(F)(F)F)C=CNC2)C1. The summed E-state index contributed by atoms with van der Waals surface area (Å²) in [5, 5.41) is 2.60. The molecular formula is C12H13F3N2O2. The number of allylic oxidation sites excluding steroid dienone is 2. The Morgan fingerprint density at radius 3 is 2.74 bits per heavy atom. The highest BCUT2D eigenvalue weighted by molar-refractivity contribution is 5.98. The van der Waals surface area contributed by atoms with Crippen LogP contribution in [0.4, 0.5) is 13.2 Å². The van der Waals surface area contributed by atoms with Gasteiger partial charge in [0.15, 0.2) is 5.78 Å². The van der Waals surface area contributed by atoms with Crippen LogP contribution in [0.15, 0.2) is 23.4 Å². The van der Waals surface area contributed by atoms with Gasteiger partial charge in [0.2, 0.25) is 0 Å². The van der Waals surface area contributed by atoms with Crippen LogP contribution in [0.2, 0.25) is 0 Å². The third kappa shape index (κ3) is 2.97. The molecule has 0 saturated carbocycles. The molecule has 104 valence electrons.